The summed E-state index contributed by atoms with van der Waals surface area (Å²) in [4.78, 5) is 16.6. The Bertz CT molecular complexity index is 1220. The van der Waals surface area contributed by atoms with Crippen LogP contribution in [0, 0.1) is 0 Å². The van der Waals surface area contributed by atoms with E-state index in [1.165, 1.54) is 11.6 Å². The van der Waals surface area contributed by atoms with Gasteiger partial charge in [0.05, 0.1) is 12.0 Å². The first-order chi connectivity index (χ1) is 17.0. The number of sulfonamides is 1. The van der Waals surface area contributed by atoms with E-state index in [0.29, 0.717) is 44.0 Å². The average molecular weight is 536 g/mol. The zero-order chi connectivity index (χ0) is 26.1. The summed E-state index contributed by atoms with van der Waals surface area (Å²) >= 11 is 6.00. The fourth-order valence-corrected chi connectivity index (χ4v) is 6.37. The van der Waals surface area contributed by atoms with E-state index in [4.69, 9.17) is 21.1 Å². The molecule has 1 amide bonds. The Morgan fingerprint density at radius 1 is 1.08 bits per heavy atom. The number of anilines is 1. The van der Waals surface area contributed by atoms with Gasteiger partial charge in [0.1, 0.15) is 11.4 Å². The minimum absolute atomic E-state index is 0.157. The van der Waals surface area contributed by atoms with Gasteiger partial charge >= 0.3 is 6.09 Å². The summed E-state index contributed by atoms with van der Waals surface area (Å²) in [5.74, 6) is 0.757. The molecule has 1 aliphatic carbocycles. The molecule has 0 spiro atoms. The zero-order valence-corrected chi connectivity index (χ0v) is 22.8. The number of benzene rings is 2. The second kappa shape index (κ2) is 10.5. The minimum atomic E-state index is -3.70. The summed E-state index contributed by atoms with van der Waals surface area (Å²) in [5, 5.41) is 0.380. The normalized spacial score (nSPS) is 18.5. The number of fused-ring (bicyclic) bond motifs is 1. The highest BCUT2D eigenvalue weighted by Crippen LogP contribution is 2.37. The number of methoxy groups -OCH3 is 1. The van der Waals surface area contributed by atoms with E-state index >= 15 is 0 Å². The lowest BCUT2D eigenvalue weighted by atomic mass is 9.86. The van der Waals surface area contributed by atoms with Gasteiger partial charge in [0.2, 0.25) is 10.0 Å². The van der Waals surface area contributed by atoms with Gasteiger partial charge in [-0.3, -0.25) is 0 Å². The van der Waals surface area contributed by atoms with Crippen LogP contribution in [0.4, 0.5) is 10.5 Å². The lowest BCUT2D eigenvalue weighted by molar-refractivity contribution is 0.0240. The number of amides is 1. The van der Waals surface area contributed by atoms with Crippen molar-refractivity contribution in [3.8, 4) is 5.75 Å². The quantitative estimate of drug-likeness (QED) is 0.616. The molecule has 1 aliphatic heterocycles. The SMILES string of the molecule is COc1ccc(N2CCN(C(=O)OC(C)(C)C)CC2)c2c1CC(NS(=O)(=O)c1cccc(Cl)c1)CC2. The topological polar surface area (TPSA) is 88.2 Å². The largest absolute Gasteiger partial charge is 0.496 e. The molecule has 196 valence electrons. The Hall–Kier alpha value is -2.49. The van der Waals surface area contributed by atoms with Crippen LogP contribution in [-0.2, 0) is 27.6 Å². The zero-order valence-electron chi connectivity index (χ0n) is 21.2. The number of nitrogens with zero attached hydrogens (tertiary/aromatic N) is 2. The van der Waals surface area contributed by atoms with Gasteiger partial charge in [-0.15, -0.1) is 0 Å². The van der Waals surface area contributed by atoms with Crippen molar-refractivity contribution in [2.75, 3.05) is 38.2 Å². The molecule has 10 heteroatoms. The predicted molar refractivity (Wildman–Crippen MR) is 141 cm³/mol. The number of piperazine rings is 1. The van der Waals surface area contributed by atoms with Gasteiger partial charge in [0, 0.05) is 48.5 Å². The van der Waals surface area contributed by atoms with Gasteiger partial charge < -0.3 is 19.3 Å². The monoisotopic (exact) mass is 535 g/mol. The second-order valence-electron chi connectivity index (χ2n) is 10.2. The van der Waals surface area contributed by atoms with Crippen molar-refractivity contribution in [1.82, 2.24) is 9.62 Å². The van der Waals surface area contributed by atoms with E-state index in [2.05, 4.69) is 15.7 Å². The van der Waals surface area contributed by atoms with Crippen molar-refractivity contribution in [1.29, 1.82) is 0 Å². The summed E-state index contributed by atoms with van der Waals surface area (Å²) in [7, 11) is -2.06. The number of nitrogens with one attached hydrogen (secondary N) is 1. The van der Waals surface area contributed by atoms with Gasteiger partial charge in [-0.1, -0.05) is 17.7 Å². The number of rotatable bonds is 5. The van der Waals surface area contributed by atoms with Crippen LogP contribution in [0.15, 0.2) is 41.3 Å². The van der Waals surface area contributed by atoms with E-state index in [-0.39, 0.29) is 17.0 Å². The van der Waals surface area contributed by atoms with Crippen LogP contribution < -0.4 is 14.4 Å². The van der Waals surface area contributed by atoms with Crippen LogP contribution >= 0.6 is 11.6 Å². The maximum atomic E-state index is 13.0. The molecular weight excluding hydrogens is 502 g/mol. The number of ether oxygens (including phenoxy) is 2. The summed E-state index contributed by atoms with van der Waals surface area (Å²) < 4.78 is 39.9. The first-order valence-electron chi connectivity index (χ1n) is 12.2. The first kappa shape index (κ1) is 26.6. The molecule has 0 aromatic heterocycles. The first-order valence-corrected chi connectivity index (χ1v) is 14.0. The molecule has 2 aromatic carbocycles. The molecule has 36 heavy (non-hydrogen) atoms. The third-order valence-corrected chi connectivity index (χ3v) is 8.23. The van der Waals surface area contributed by atoms with Crippen LogP contribution in [0.5, 0.6) is 5.75 Å². The van der Waals surface area contributed by atoms with Crippen LogP contribution in [0.2, 0.25) is 5.02 Å². The molecule has 1 N–H and O–H groups in total. The van der Waals surface area contributed by atoms with Gasteiger partial charge in [0.25, 0.3) is 0 Å². The number of carbonyl (C=O) groups excluding carboxylic acids is 1. The lowest BCUT2D eigenvalue weighted by Gasteiger charge is -2.39. The highest BCUT2D eigenvalue weighted by atomic mass is 35.5. The van der Waals surface area contributed by atoms with Crippen molar-refractivity contribution < 1.29 is 22.7 Å². The third-order valence-electron chi connectivity index (χ3n) is 6.48. The predicted octanol–water partition coefficient (Wildman–Crippen LogP) is 4.24. The van der Waals surface area contributed by atoms with Gasteiger partial charge in [-0.2, -0.15) is 0 Å². The summed E-state index contributed by atoms with van der Waals surface area (Å²) in [6.45, 7) is 8.16. The average Bonchev–Trinajstić information content (AvgIpc) is 2.82. The Kier molecular flexibility index (Phi) is 7.73. The molecule has 1 fully saturated rings. The summed E-state index contributed by atoms with van der Waals surface area (Å²) in [5.41, 5.74) is 2.80. The van der Waals surface area contributed by atoms with Crippen molar-refractivity contribution in [2.45, 2.75) is 56.6 Å². The number of hydrogen-bond donors (Lipinski definition) is 1. The van der Waals surface area contributed by atoms with E-state index in [1.807, 2.05) is 26.8 Å². The minimum Gasteiger partial charge on any atom is -0.496 e. The van der Waals surface area contributed by atoms with Gasteiger partial charge in [0.15, 0.2) is 0 Å². The molecule has 1 saturated heterocycles. The molecule has 0 radical (unpaired) electrons. The van der Waals surface area contributed by atoms with Crippen LogP contribution in [0.3, 0.4) is 0 Å². The molecule has 1 unspecified atom stereocenters. The van der Waals surface area contributed by atoms with Crippen LogP contribution in [-0.4, -0.2) is 64.3 Å². The number of halogens is 1. The summed E-state index contributed by atoms with van der Waals surface area (Å²) in [6.07, 6.45) is 1.64. The fraction of sp³-hybridized carbons (Fsp3) is 0.500. The molecule has 0 saturated carbocycles. The highest BCUT2D eigenvalue weighted by molar-refractivity contribution is 7.89. The Morgan fingerprint density at radius 3 is 2.44 bits per heavy atom. The van der Waals surface area contributed by atoms with Crippen molar-refractivity contribution in [2.24, 2.45) is 0 Å². The van der Waals surface area contributed by atoms with E-state index in [9.17, 15) is 13.2 Å². The number of carbonyl (C=O) groups is 1. The Balaban J connectivity index is 1.49. The molecule has 8 nitrogen and oxygen atoms in total. The second-order valence-corrected chi connectivity index (χ2v) is 12.4. The standard InChI is InChI=1S/C26H34ClN3O5S/c1-26(2,3)35-25(31)30-14-12-29(13-15-30)23-10-11-24(34-4)22-17-19(8-9-21(22)23)28-36(32,33)20-7-5-6-18(27)16-20/h5-7,10-11,16,19,28H,8-9,12-15,17H2,1-4H3. The van der Waals surface area contributed by atoms with E-state index < -0.39 is 15.6 Å². The molecule has 2 aromatic rings. The smallest absolute Gasteiger partial charge is 0.410 e. The molecule has 2 aliphatic rings. The maximum absolute atomic E-state index is 13.0. The van der Waals surface area contributed by atoms with Crippen LogP contribution in [0.1, 0.15) is 38.3 Å². The van der Waals surface area contributed by atoms with E-state index in [0.717, 1.165) is 23.4 Å². The van der Waals surface area contributed by atoms with Crippen molar-refractivity contribution in [3.63, 3.8) is 0 Å². The number of hydrogen-bond acceptors (Lipinski definition) is 6. The summed E-state index contributed by atoms with van der Waals surface area (Å²) in [6, 6.07) is 10.0. The molecule has 4 rings (SSSR count). The molecule has 0 bridgehead atoms. The molecular formula is C26H34ClN3O5S. The van der Waals surface area contributed by atoms with Gasteiger partial charge in [-0.05, 0) is 75.9 Å². The molecule has 1 atom stereocenters. The maximum Gasteiger partial charge on any atom is 0.410 e. The highest BCUT2D eigenvalue weighted by Gasteiger charge is 2.31. The van der Waals surface area contributed by atoms with Crippen LogP contribution in [0.25, 0.3) is 0 Å². The molecule has 1 heterocycles. The van der Waals surface area contributed by atoms with E-state index in [1.54, 1.807) is 30.2 Å². The fourth-order valence-electron chi connectivity index (χ4n) is 4.80. The Morgan fingerprint density at radius 2 is 1.81 bits per heavy atom. The van der Waals surface area contributed by atoms with Crippen molar-refractivity contribution >= 4 is 33.4 Å². The van der Waals surface area contributed by atoms with Gasteiger partial charge in [-0.25, -0.2) is 17.9 Å². The third kappa shape index (κ3) is 6.07. The lowest BCUT2D eigenvalue weighted by Crippen LogP contribution is -2.50. The van der Waals surface area contributed by atoms with Crippen molar-refractivity contribution in [3.05, 3.63) is 52.5 Å². The Labute approximate surface area is 218 Å².